The highest BCUT2D eigenvalue weighted by molar-refractivity contribution is 6.15. The summed E-state index contributed by atoms with van der Waals surface area (Å²) in [4.78, 5) is 9.86. The topological polar surface area (TPSA) is 35.6 Å². The van der Waals surface area contributed by atoms with E-state index >= 15 is 0 Å². The van der Waals surface area contributed by atoms with Crippen LogP contribution in [0.4, 0.5) is 0 Å². The first-order chi connectivity index (χ1) is 29.8. The largest absolute Gasteiger partial charge is 0.294 e. The minimum atomic E-state index is 0.925. The van der Waals surface area contributed by atoms with Gasteiger partial charge < -0.3 is 0 Å². The molecule has 0 saturated carbocycles. The molecule has 0 N–H and O–H groups in total. The quantitative estimate of drug-likeness (QED) is 0.179. The van der Waals surface area contributed by atoms with Gasteiger partial charge in [0.05, 0.1) is 22.1 Å². The normalized spacial score (nSPS) is 13.3. The van der Waals surface area contributed by atoms with Crippen molar-refractivity contribution in [1.29, 1.82) is 0 Å². The number of rotatable bonds is 4. The van der Waals surface area contributed by atoms with Gasteiger partial charge in [-0.2, -0.15) is 0 Å². The molecule has 0 radical (unpaired) electrons. The molecule has 0 spiro atoms. The number of hydrogen-bond acceptors (Lipinski definition) is 2. The van der Waals surface area contributed by atoms with E-state index < -0.39 is 0 Å². The predicted octanol–water partition coefficient (Wildman–Crippen LogP) is 13.9. The minimum Gasteiger partial charge on any atom is -0.294 e. The maximum atomic E-state index is 4.95. The van der Waals surface area contributed by atoms with Crippen LogP contribution >= 0.6 is 0 Å². The van der Waals surface area contributed by atoms with Gasteiger partial charge in [-0.3, -0.25) is 9.13 Å². The van der Waals surface area contributed by atoms with Crippen LogP contribution in [0, 0.1) is 0 Å². The van der Waals surface area contributed by atoms with Gasteiger partial charge in [0.25, 0.3) is 0 Å². The number of benzene rings is 7. The fourth-order valence-electron chi connectivity index (χ4n) is 10.5. The van der Waals surface area contributed by atoms with Crippen molar-refractivity contribution in [3.63, 3.8) is 0 Å². The summed E-state index contributed by atoms with van der Waals surface area (Å²) in [6.45, 7) is 0. The standard InChI is InChI=1S/C56H38N4/c1-3-15-40-35(11-1)13-9-17-42(40)37-23-28-52-48(31-37)46-26-25-44-45(56(46)60(52)55-20-6-8-30-58-55)24-21-39-33-50-49-32-38(43-18-10-14-36-12-2-4-16-41(36)43)22-27-51(49)59(53(50)34-47(39)44)54-19-5-7-29-57-54/h1,3-11,13-20,22-23,25-34H,2,12,21,24H2. The lowest BCUT2D eigenvalue weighted by molar-refractivity contribution is 0.941. The summed E-state index contributed by atoms with van der Waals surface area (Å²) in [6, 6.07) is 58.2. The van der Waals surface area contributed by atoms with E-state index in [4.69, 9.17) is 9.97 Å². The van der Waals surface area contributed by atoms with Crippen LogP contribution in [0.15, 0.2) is 176 Å². The molecule has 60 heavy (non-hydrogen) atoms. The van der Waals surface area contributed by atoms with Crippen molar-refractivity contribution in [2.45, 2.75) is 25.7 Å². The van der Waals surface area contributed by atoms with E-state index in [0.717, 1.165) is 37.3 Å². The molecule has 4 aromatic heterocycles. The average Bonchev–Trinajstić information content (AvgIpc) is 3.82. The molecule has 2 aliphatic carbocycles. The molecule has 0 amide bonds. The Morgan fingerprint density at radius 2 is 1.12 bits per heavy atom. The molecule has 282 valence electrons. The summed E-state index contributed by atoms with van der Waals surface area (Å²) in [5.74, 6) is 1.86. The Kier molecular flexibility index (Phi) is 7.23. The van der Waals surface area contributed by atoms with Gasteiger partial charge in [-0.25, -0.2) is 9.97 Å². The molecule has 0 unspecified atom stereocenters. The second-order valence-corrected chi connectivity index (χ2v) is 16.4. The van der Waals surface area contributed by atoms with Crippen molar-refractivity contribution < 1.29 is 0 Å². The molecule has 7 aromatic carbocycles. The third-order valence-electron chi connectivity index (χ3n) is 13.2. The molecule has 0 saturated heterocycles. The van der Waals surface area contributed by atoms with Crippen molar-refractivity contribution in [3.05, 3.63) is 198 Å². The molecule has 11 aromatic rings. The maximum Gasteiger partial charge on any atom is 0.137 e. The molecule has 4 heterocycles. The first-order valence-electron chi connectivity index (χ1n) is 21.1. The Balaban J connectivity index is 1.05. The van der Waals surface area contributed by atoms with Crippen LogP contribution in [0.3, 0.4) is 0 Å². The zero-order chi connectivity index (χ0) is 39.3. The molecule has 4 heteroatoms. The lowest BCUT2D eigenvalue weighted by atomic mass is 9.83. The molecule has 4 nitrogen and oxygen atoms in total. The van der Waals surface area contributed by atoms with Crippen molar-refractivity contribution in [2.75, 3.05) is 0 Å². The highest BCUT2D eigenvalue weighted by atomic mass is 15.1. The van der Waals surface area contributed by atoms with Crippen LogP contribution in [0.2, 0.25) is 0 Å². The molecule has 0 atom stereocenters. The summed E-state index contributed by atoms with van der Waals surface area (Å²) in [5.41, 5.74) is 17.9. The van der Waals surface area contributed by atoms with Gasteiger partial charge in [0, 0.05) is 33.9 Å². The number of aryl methyl sites for hydroxylation is 3. The Morgan fingerprint density at radius 1 is 0.417 bits per heavy atom. The van der Waals surface area contributed by atoms with Gasteiger partial charge in [-0.15, -0.1) is 0 Å². The van der Waals surface area contributed by atoms with Crippen LogP contribution in [-0.2, 0) is 19.3 Å². The molecule has 0 aliphatic heterocycles. The molecule has 0 bridgehead atoms. The molecule has 0 fully saturated rings. The number of nitrogens with zero attached hydrogens (tertiary/aromatic N) is 4. The lowest BCUT2D eigenvalue weighted by Crippen LogP contribution is -2.07. The van der Waals surface area contributed by atoms with E-state index in [9.17, 15) is 0 Å². The number of pyridine rings is 2. The predicted molar refractivity (Wildman–Crippen MR) is 249 cm³/mol. The summed E-state index contributed by atoms with van der Waals surface area (Å²) in [7, 11) is 0. The van der Waals surface area contributed by atoms with E-state index in [-0.39, 0.29) is 0 Å². The highest BCUT2D eigenvalue weighted by Crippen LogP contribution is 2.46. The van der Waals surface area contributed by atoms with Gasteiger partial charge in [-0.05, 0) is 153 Å². The van der Waals surface area contributed by atoms with Gasteiger partial charge in [-0.1, -0.05) is 109 Å². The Hall–Kier alpha value is -7.56. The first-order valence-corrected chi connectivity index (χ1v) is 21.1. The maximum absolute atomic E-state index is 4.95. The zero-order valence-corrected chi connectivity index (χ0v) is 32.9. The fourth-order valence-corrected chi connectivity index (χ4v) is 10.5. The van der Waals surface area contributed by atoms with Crippen molar-refractivity contribution in [2.24, 2.45) is 0 Å². The van der Waals surface area contributed by atoms with Crippen molar-refractivity contribution >= 4 is 60.5 Å². The number of allylic oxidation sites excluding steroid dienone is 1. The second kappa shape index (κ2) is 13.0. The smallest absolute Gasteiger partial charge is 0.137 e. The molecule has 2 aliphatic rings. The molecular formula is C56H38N4. The lowest BCUT2D eigenvalue weighted by Gasteiger charge is -2.22. The van der Waals surface area contributed by atoms with E-state index in [1.54, 1.807) is 0 Å². The van der Waals surface area contributed by atoms with Crippen LogP contribution in [0.1, 0.15) is 28.7 Å². The average molecular weight is 767 g/mol. The SMILES string of the molecule is C1=Cc2c(cccc2-c2ccc3c(c2)c2cc4c(cc2n3-c2ccccn2)-c2ccc3c5cc(-c6cccc7ccccc67)ccc5n(-c5ccccn5)c3c2CC4)CC1. The van der Waals surface area contributed by atoms with Crippen LogP contribution in [0.25, 0.3) is 105 Å². The first kappa shape index (κ1) is 33.4. The van der Waals surface area contributed by atoms with Crippen molar-refractivity contribution in [3.8, 4) is 45.0 Å². The van der Waals surface area contributed by atoms with Crippen LogP contribution < -0.4 is 0 Å². The van der Waals surface area contributed by atoms with Gasteiger partial charge in [0.2, 0.25) is 0 Å². The molecule has 13 rings (SSSR count). The van der Waals surface area contributed by atoms with E-state index in [1.807, 2.05) is 24.5 Å². The number of aromatic nitrogens is 4. The number of fused-ring (bicyclic) bond motifs is 12. The van der Waals surface area contributed by atoms with Crippen molar-refractivity contribution in [1.82, 2.24) is 19.1 Å². The zero-order valence-electron chi connectivity index (χ0n) is 32.9. The summed E-state index contributed by atoms with van der Waals surface area (Å²) < 4.78 is 4.77. The minimum absolute atomic E-state index is 0.925. The van der Waals surface area contributed by atoms with E-state index in [0.29, 0.717) is 0 Å². The van der Waals surface area contributed by atoms with Gasteiger partial charge >= 0.3 is 0 Å². The number of hydrogen-bond donors (Lipinski definition) is 0. The Morgan fingerprint density at radius 3 is 1.95 bits per heavy atom. The summed E-state index contributed by atoms with van der Waals surface area (Å²) >= 11 is 0. The van der Waals surface area contributed by atoms with Crippen LogP contribution in [0.5, 0.6) is 0 Å². The van der Waals surface area contributed by atoms with Crippen LogP contribution in [-0.4, -0.2) is 19.1 Å². The Bertz CT molecular complexity index is 3580. The summed E-state index contributed by atoms with van der Waals surface area (Å²) in [6.07, 6.45) is 12.5. The fraction of sp³-hybridized carbons (Fsp3) is 0.0714. The third kappa shape index (κ3) is 4.91. The second-order valence-electron chi connectivity index (χ2n) is 16.4. The van der Waals surface area contributed by atoms with E-state index in [1.165, 1.54) is 110 Å². The monoisotopic (exact) mass is 766 g/mol. The third-order valence-corrected chi connectivity index (χ3v) is 13.2. The van der Waals surface area contributed by atoms with Gasteiger partial charge in [0.1, 0.15) is 11.6 Å². The highest BCUT2D eigenvalue weighted by Gasteiger charge is 2.26. The van der Waals surface area contributed by atoms with Gasteiger partial charge in [0.15, 0.2) is 0 Å². The summed E-state index contributed by atoms with van der Waals surface area (Å²) in [5, 5.41) is 7.54. The Labute approximate surface area is 347 Å². The molecular weight excluding hydrogens is 729 g/mol. The van der Waals surface area contributed by atoms with E-state index in [2.05, 4.69) is 167 Å².